The van der Waals surface area contributed by atoms with Gasteiger partial charge in [0.15, 0.2) is 11.6 Å². The van der Waals surface area contributed by atoms with E-state index in [-0.39, 0.29) is 5.92 Å². The van der Waals surface area contributed by atoms with E-state index in [4.69, 9.17) is 14.7 Å². The highest BCUT2D eigenvalue weighted by molar-refractivity contribution is 5.75. The molecule has 0 radical (unpaired) electrons. The summed E-state index contributed by atoms with van der Waals surface area (Å²) < 4.78 is 38.5. The fourth-order valence-electron chi connectivity index (χ4n) is 3.72. The van der Waals surface area contributed by atoms with Crippen LogP contribution in [0.25, 0.3) is 0 Å². The number of ether oxygens (including phenoxy) is 2. The highest BCUT2D eigenvalue weighted by Gasteiger charge is 2.29. The van der Waals surface area contributed by atoms with Crippen LogP contribution in [0.2, 0.25) is 0 Å². The molecule has 0 amide bonds. The van der Waals surface area contributed by atoms with E-state index >= 15 is 0 Å². The average molecular weight is 413 g/mol. The lowest BCUT2D eigenvalue weighted by Crippen LogP contribution is -2.25. The summed E-state index contributed by atoms with van der Waals surface area (Å²) in [6, 6.07) is 11.9. The molecule has 30 heavy (non-hydrogen) atoms. The minimum atomic E-state index is -1.31. The minimum Gasteiger partial charge on any atom is -0.494 e. The van der Waals surface area contributed by atoms with E-state index in [0.717, 1.165) is 43.6 Å². The number of hydrogen-bond donors (Lipinski definition) is 0. The molecule has 1 aliphatic carbocycles. The van der Waals surface area contributed by atoms with Crippen LogP contribution in [0, 0.1) is 28.9 Å². The van der Waals surface area contributed by atoms with Gasteiger partial charge >= 0.3 is 5.97 Å². The van der Waals surface area contributed by atoms with Crippen LogP contribution in [0.1, 0.15) is 62.5 Å². The van der Waals surface area contributed by atoms with E-state index in [1.165, 1.54) is 5.56 Å². The van der Waals surface area contributed by atoms with E-state index in [0.29, 0.717) is 25.4 Å². The van der Waals surface area contributed by atoms with Crippen molar-refractivity contribution >= 4 is 5.97 Å². The van der Waals surface area contributed by atoms with Gasteiger partial charge in [0.1, 0.15) is 11.8 Å². The first-order valence-corrected chi connectivity index (χ1v) is 10.4. The zero-order chi connectivity index (χ0) is 21.5. The molecule has 2 aromatic rings. The molecule has 0 saturated heterocycles. The van der Waals surface area contributed by atoms with E-state index in [2.05, 4.69) is 19.1 Å². The SMILES string of the molecule is CCCCOc1ccc([C@H]2CC[C@H](C(=O)Oc3ccc(C#N)c(F)c3F)CC2)cc1. The van der Waals surface area contributed by atoms with Gasteiger partial charge in [-0.1, -0.05) is 25.5 Å². The quantitative estimate of drug-likeness (QED) is 0.322. The first kappa shape index (κ1) is 21.8. The van der Waals surface area contributed by atoms with E-state index in [9.17, 15) is 13.6 Å². The van der Waals surface area contributed by atoms with Crippen molar-refractivity contribution in [1.82, 2.24) is 0 Å². The van der Waals surface area contributed by atoms with Crippen molar-refractivity contribution in [2.45, 2.75) is 51.4 Å². The smallest absolute Gasteiger partial charge is 0.314 e. The standard InChI is InChI=1S/C24H25F2NO3/c1-2-3-14-29-20-11-8-17(9-12-20)16-4-6-18(7-5-16)24(28)30-21-13-10-19(15-27)22(25)23(21)26/h8-13,16,18H,2-7,14H2,1H3/t16-,18-. The third-order valence-electron chi connectivity index (χ3n) is 5.56. The Morgan fingerprint density at radius 1 is 1.07 bits per heavy atom. The molecule has 0 unspecified atom stereocenters. The minimum absolute atomic E-state index is 0.350. The summed E-state index contributed by atoms with van der Waals surface area (Å²) in [5.74, 6) is -2.78. The molecule has 2 aromatic carbocycles. The Hall–Kier alpha value is -2.94. The monoisotopic (exact) mass is 413 g/mol. The summed E-state index contributed by atoms with van der Waals surface area (Å²) in [6.07, 6.45) is 5.01. The fraction of sp³-hybridized carbons (Fsp3) is 0.417. The molecule has 6 heteroatoms. The molecule has 0 spiro atoms. The predicted octanol–water partition coefficient (Wildman–Crippen LogP) is 5.89. The van der Waals surface area contributed by atoms with Gasteiger partial charge in [0.25, 0.3) is 0 Å². The number of carbonyl (C=O) groups excluding carboxylic acids is 1. The summed E-state index contributed by atoms with van der Waals surface area (Å²) in [4.78, 5) is 12.4. The maximum absolute atomic E-state index is 14.0. The number of hydrogen-bond acceptors (Lipinski definition) is 4. The summed E-state index contributed by atoms with van der Waals surface area (Å²) >= 11 is 0. The lowest BCUT2D eigenvalue weighted by atomic mass is 9.79. The normalized spacial score (nSPS) is 18.5. The number of esters is 1. The van der Waals surface area contributed by atoms with Crippen molar-refractivity contribution in [1.29, 1.82) is 5.26 Å². The lowest BCUT2D eigenvalue weighted by Gasteiger charge is -2.27. The number of halogens is 2. The highest BCUT2D eigenvalue weighted by atomic mass is 19.2. The molecule has 4 nitrogen and oxygen atoms in total. The van der Waals surface area contributed by atoms with Crippen LogP contribution >= 0.6 is 0 Å². The molecule has 1 aliphatic rings. The summed E-state index contributed by atoms with van der Waals surface area (Å²) in [5, 5.41) is 8.73. The van der Waals surface area contributed by atoms with Crippen molar-refractivity contribution < 1.29 is 23.0 Å². The van der Waals surface area contributed by atoms with Crippen LogP contribution in [0.3, 0.4) is 0 Å². The maximum Gasteiger partial charge on any atom is 0.314 e. The van der Waals surface area contributed by atoms with Crippen LogP contribution < -0.4 is 9.47 Å². The first-order valence-electron chi connectivity index (χ1n) is 10.4. The molecular weight excluding hydrogens is 388 g/mol. The molecule has 0 bridgehead atoms. The average Bonchev–Trinajstić information content (AvgIpc) is 2.78. The Balaban J connectivity index is 1.53. The number of benzene rings is 2. The van der Waals surface area contributed by atoms with Crippen molar-refractivity contribution in [3.8, 4) is 17.6 Å². The summed E-state index contributed by atoms with van der Waals surface area (Å²) in [6.45, 7) is 2.84. The second-order valence-corrected chi connectivity index (χ2v) is 7.59. The second-order valence-electron chi connectivity index (χ2n) is 7.59. The van der Waals surface area contributed by atoms with Crippen LogP contribution in [0.4, 0.5) is 8.78 Å². The van der Waals surface area contributed by atoms with Crippen LogP contribution in [-0.4, -0.2) is 12.6 Å². The number of nitrogens with zero attached hydrogens (tertiary/aromatic N) is 1. The van der Waals surface area contributed by atoms with Gasteiger partial charge < -0.3 is 9.47 Å². The molecule has 0 heterocycles. The Morgan fingerprint density at radius 2 is 1.77 bits per heavy atom. The predicted molar refractivity (Wildman–Crippen MR) is 108 cm³/mol. The van der Waals surface area contributed by atoms with Crippen LogP contribution in [0.5, 0.6) is 11.5 Å². The van der Waals surface area contributed by atoms with Gasteiger partial charge in [0.2, 0.25) is 5.82 Å². The summed E-state index contributed by atoms with van der Waals surface area (Å²) in [5.41, 5.74) is 0.791. The molecule has 0 aliphatic heterocycles. The number of rotatable bonds is 7. The van der Waals surface area contributed by atoms with Crippen LogP contribution in [0.15, 0.2) is 36.4 Å². The molecule has 3 rings (SSSR count). The van der Waals surface area contributed by atoms with E-state index < -0.39 is 28.9 Å². The lowest BCUT2D eigenvalue weighted by molar-refractivity contribution is -0.140. The van der Waals surface area contributed by atoms with Crippen molar-refractivity contribution in [2.24, 2.45) is 5.92 Å². The Labute approximate surface area is 175 Å². The van der Waals surface area contributed by atoms with Crippen LogP contribution in [-0.2, 0) is 4.79 Å². The van der Waals surface area contributed by atoms with Gasteiger partial charge in [-0.15, -0.1) is 0 Å². The fourth-order valence-corrected chi connectivity index (χ4v) is 3.72. The van der Waals surface area contributed by atoms with Gasteiger partial charge in [-0.3, -0.25) is 4.79 Å². The Bertz CT molecular complexity index is 913. The third-order valence-corrected chi connectivity index (χ3v) is 5.56. The molecule has 1 saturated carbocycles. The van der Waals surface area contributed by atoms with Gasteiger partial charge in [-0.2, -0.15) is 9.65 Å². The molecule has 158 valence electrons. The summed E-state index contributed by atoms with van der Waals surface area (Å²) in [7, 11) is 0. The number of unbranched alkanes of at least 4 members (excludes halogenated alkanes) is 1. The second kappa shape index (κ2) is 10.2. The molecule has 0 atom stereocenters. The zero-order valence-corrected chi connectivity index (χ0v) is 17.0. The van der Waals surface area contributed by atoms with Crippen molar-refractivity contribution in [3.63, 3.8) is 0 Å². The molecule has 0 N–H and O–H groups in total. The third kappa shape index (κ3) is 5.15. The van der Waals surface area contributed by atoms with Crippen molar-refractivity contribution in [2.75, 3.05) is 6.61 Å². The van der Waals surface area contributed by atoms with Gasteiger partial charge in [-0.05, 0) is 67.9 Å². The maximum atomic E-state index is 14.0. The number of nitriles is 1. The highest BCUT2D eigenvalue weighted by Crippen LogP contribution is 2.37. The largest absolute Gasteiger partial charge is 0.494 e. The van der Waals surface area contributed by atoms with E-state index in [1.54, 1.807) is 6.07 Å². The van der Waals surface area contributed by atoms with Crippen molar-refractivity contribution in [3.05, 3.63) is 59.2 Å². The topological polar surface area (TPSA) is 59.3 Å². The van der Waals surface area contributed by atoms with Gasteiger partial charge in [0.05, 0.1) is 18.1 Å². The number of carbonyl (C=O) groups is 1. The Kier molecular flexibility index (Phi) is 7.40. The molecule has 1 fully saturated rings. The first-order chi connectivity index (χ1) is 14.5. The molecular formula is C24H25F2NO3. The van der Waals surface area contributed by atoms with E-state index in [1.807, 2.05) is 12.1 Å². The zero-order valence-electron chi connectivity index (χ0n) is 17.0. The van der Waals surface area contributed by atoms with Gasteiger partial charge in [-0.25, -0.2) is 4.39 Å². The molecule has 0 aromatic heterocycles. The van der Waals surface area contributed by atoms with Gasteiger partial charge in [0, 0.05) is 0 Å². The Morgan fingerprint density at radius 3 is 2.40 bits per heavy atom.